The normalized spacial score (nSPS) is 24.2. The summed E-state index contributed by atoms with van der Waals surface area (Å²) in [6, 6.07) is 5.54. The quantitative estimate of drug-likeness (QED) is 0.853. The molecule has 2 rings (SSSR count). The lowest BCUT2D eigenvalue weighted by atomic mass is 9.84. The molecule has 0 saturated heterocycles. The fourth-order valence-corrected chi connectivity index (χ4v) is 3.26. The van der Waals surface area contributed by atoms with Gasteiger partial charge < -0.3 is 5.32 Å². The molecule has 0 radical (unpaired) electrons. The zero-order chi connectivity index (χ0) is 13.0. The van der Waals surface area contributed by atoms with Crippen molar-refractivity contribution in [3.63, 3.8) is 0 Å². The summed E-state index contributed by atoms with van der Waals surface area (Å²) < 4.78 is 13.8. The van der Waals surface area contributed by atoms with E-state index in [1.54, 1.807) is 0 Å². The number of rotatable bonds is 4. The van der Waals surface area contributed by atoms with Crippen molar-refractivity contribution < 1.29 is 4.39 Å². The maximum absolute atomic E-state index is 13.0. The first kappa shape index (κ1) is 14.0. The van der Waals surface area contributed by atoms with Gasteiger partial charge in [-0.1, -0.05) is 48.2 Å². The lowest BCUT2D eigenvalue weighted by molar-refractivity contribution is 0.278. The average molecular weight is 314 g/mol. The Balaban J connectivity index is 1.87. The number of hydrogen-bond donors (Lipinski definition) is 1. The van der Waals surface area contributed by atoms with Crippen molar-refractivity contribution in [3.8, 4) is 0 Å². The van der Waals surface area contributed by atoms with Crippen molar-refractivity contribution in [3.05, 3.63) is 34.1 Å². The second-order valence-corrected chi connectivity index (χ2v) is 6.11. The van der Waals surface area contributed by atoms with Crippen molar-refractivity contribution in [1.29, 1.82) is 0 Å². The van der Waals surface area contributed by atoms with E-state index < -0.39 is 0 Å². The molecule has 0 spiro atoms. The van der Waals surface area contributed by atoms with Gasteiger partial charge in [-0.3, -0.25) is 0 Å². The van der Waals surface area contributed by atoms with Gasteiger partial charge in [-0.2, -0.15) is 0 Å². The predicted molar refractivity (Wildman–Crippen MR) is 77.0 cm³/mol. The maximum atomic E-state index is 13.0. The topological polar surface area (TPSA) is 12.0 Å². The molecular formula is C15H21BrFN. The van der Waals surface area contributed by atoms with Gasteiger partial charge in [0.25, 0.3) is 0 Å². The minimum Gasteiger partial charge on any atom is -0.310 e. The Morgan fingerprint density at radius 3 is 2.94 bits per heavy atom. The van der Waals surface area contributed by atoms with Gasteiger partial charge in [0.05, 0.1) is 0 Å². The van der Waals surface area contributed by atoms with Crippen LogP contribution in [0.25, 0.3) is 0 Å². The summed E-state index contributed by atoms with van der Waals surface area (Å²) >= 11 is 3.42. The highest BCUT2D eigenvalue weighted by molar-refractivity contribution is 9.10. The average Bonchev–Trinajstić information content (AvgIpc) is 2.38. The highest BCUT2D eigenvalue weighted by Gasteiger charge is 2.20. The molecule has 1 aliphatic carbocycles. The summed E-state index contributed by atoms with van der Waals surface area (Å²) in [6.45, 7) is 3.10. The van der Waals surface area contributed by atoms with Crippen LogP contribution >= 0.6 is 15.9 Å². The van der Waals surface area contributed by atoms with E-state index >= 15 is 0 Å². The van der Waals surface area contributed by atoms with Crippen molar-refractivity contribution >= 4 is 15.9 Å². The molecule has 0 bridgehead atoms. The van der Waals surface area contributed by atoms with E-state index in [0.717, 1.165) is 22.5 Å². The van der Waals surface area contributed by atoms with Crippen LogP contribution in [-0.4, -0.2) is 6.04 Å². The van der Waals surface area contributed by atoms with E-state index in [9.17, 15) is 4.39 Å². The molecule has 1 N–H and O–H groups in total. The van der Waals surface area contributed by atoms with Crippen LogP contribution in [0.15, 0.2) is 22.7 Å². The van der Waals surface area contributed by atoms with Gasteiger partial charge in [0, 0.05) is 17.1 Å². The van der Waals surface area contributed by atoms with Crippen LogP contribution in [0.3, 0.4) is 0 Å². The standard InChI is InChI=1S/C15H21BrFN/c1-2-11-4-3-5-14(8-11)18-10-12-6-7-13(17)9-15(12)16/h6-7,9,11,14,18H,2-5,8,10H2,1H3. The maximum Gasteiger partial charge on any atom is 0.124 e. The van der Waals surface area contributed by atoms with Gasteiger partial charge in [-0.15, -0.1) is 0 Å². The molecule has 3 heteroatoms. The fraction of sp³-hybridized carbons (Fsp3) is 0.600. The van der Waals surface area contributed by atoms with E-state index in [1.807, 2.05) is 6.07 Å². The zero-order valence-electron chi connectivity index (χ0n) is 10.9. The molecule has 0 aromatic heterocycles. The van der Waals surface area contributed by atoms with E-state index in [4.69, 9.17) is 0 Å². The number of nitrogens with one attached hydrogen (secondary N) is 1. The smallest absolute Gasteiger partial charge is 0.124 e. The Morgan fingerprint density at radius 2 is 2.22 bits per heavy atom. The van der Waals surface area contributed by atoms with Crippen LogP contribution in [-0.2, 0) is 6.54 Å². The van der Waals surface area contributed by atoms with Crippen LogP contribution in [0.1, 0.15) is 44.6 Å². The van der Waals surface area contributed by atoms with Crippen molar-refractivity contribution in [1.82, 2.24) is 5.32 Å². The third-order valence-electron chi connectivity index (χ3n) is 3.96. The summed E-state index contributed by atoms with van der Waals surface area (Å²) in [7, 11) is 0. The van der Waals surface area contributed by atoms with Gasteiger partial charge in [-0.05, 0) is 36.5 Å². The van der Waals surface area contributed by atoms with Gasteiger partial charge in [0.2, 0.25) is 0 Å². The molecule has 2 unspecified atom stereocenters. The Bertz CT molecular complexity index is 394. The number of benzene rings is 1. The Morgan fingerprint density at radius 1 is 1.39 bits per heavy atom. The van der Waals surface area contributed by atoms with Crippen LogP contribution in [0.5, 0.6) is 0 Å². The molecule has 1 nitrogen and oxygen atoms in total. The van der Waals surface area contributed by atoms with Crippen LogP contribution in [0, 0.1) is 11.7 Å². The first-order valence-corrected chi connectivity index (χ1v) is 7.65. The van der Waals surface area contributed by atoms with Gasteiger partial charge in [-0.25, -0.2) is 4.39 Å². The molecule has 1 saturated carbocycles. The predicted octanol–water partition coefficient (Wildman–Crippen LogP) is 4.65. The highest BCUT2D eigenvalue weighted by atomic mass is 79.9. The molecular weight excluding hydrogens is 293 g/mol. The minimum atomic E-state index is -0.186. The zero-order valence-corrected chi connectivity index (χ0v) is 12.5. The first-order chi connectivity index (χ1) is 8.69. The first-order valence-electron chi connectivity index (χ1n) is 6.86. The van der Waals surface area contributed by atoms with E-state index in [0.29, 0.717) is 6.04 Å². The Kier molecular flexibility index (Phi) is 5.19. The molecule has 0 aliphatic heterocycles. The third kappa shape index (κ3) is 3.79. The molecule has 1 aliphatic rings. The fourth-order valence-electron chi connectivity index (χ4n) is 2.77. The van der Waals surface area contributed by atoms with Crippen molar-refractivity contribution in [2.45, 2.75) is 51.6 Å². The molecule has 0 amide bonds. The van der Waals surface area contributed by atoms with Crippen LogP contribution in [0.2, 0.25) is 0 Å². The second kappa shape index (κ2) is 6.67. The van der Waals surface area contributed by atoms with Crippen molar-refractivity contribution in [2.75, 3.05) is 0 Å². The molecule has 100 valence electrons. The van der Waals surface area contributed by atoms with Gasteiger partial charge in [0.15, 0.2) is 0 Å². The number of hydrogen-bond acceptors (Lipinski definition) is 1. The minimum absolute atomic E-state index is 0.186. The Hall–Kier alpha value is -0.410. The molecule has 1 aromatic rings. The summed E-state index contributed by atoms with van der Waals surface area (Å²) in [5.74, 6) is 0.697. The van der Waals surface area contributed by atoms with Crippen LogP contribution in [0.4, 0.5) is 4.39 Å². The largest absolute Gasteiger partial charge is 0.310 e. The van der Waals surface area contributed by atoms with E-state index in [-0.39, 0.29) is 5.82 Å². The lowest BCUT2D eigenvalue weighted by Crippen LogP contribution is -2.33. The molecule has 0 heterocycles. The number of halogens is 2. The monoisotopic (exact) mass is 313 g/mol. The lowest BCUT2D eigenvalue weighted by Gasteiger charge is -2.29. The SMILES string of the molecule is CCC1CCCC(NCc2ccc(F)cc2Br)C1. The summed E-state index contributed by atoms with van der Waals surface area (Å²) in [5, 5.41) is 3.61. The molecule has 18 heavy (non-hydrogen) atoms. The molecule has 1 fully saturated rings. The Labute approximate surface area is 117 Å². The van der Waals surface area contributed by atoms with Crippen LogP contribution < -0.4 is 5.32 Å². The highest BCUT2D eigenvalue weighted by Crippen LogP contribution is 2.27. The van der Waals surface area contributed by atoms with Gasteiger partial charge in [0.1, 0.15) is 5.82 Å². The third-order valence-corrected chi connectivity index (χ3v) is 4.69. The van der Waals surface area contributed by atoms with E-state index in [2.05, 4.69) is 28.2 Å². The molecule has 2 atom stereocenters. The van der Waals surface area contributed by atoms with Crippen molar-refractivity contribution in [2.24, 2.45) is 5.92 Å². The van der Waals surface area contributed by atoms with Gasteiger partial charge >= 0.3 is 0 Å². The summed E-state index contributed by atoms with van der Waals surface area (Å²) in [6.07, 6.45) is 6.57. The summed E-state index contributed by atoms with van der Waals surface area (Å²) in [5.41, 5.74) is 1.13. The molecule has 1 aromatic carbocycles. The summed E-state index contributed by atoms with van der Waals surface area (Å²) in [4.78, 5) is 0. The second-order valence-electron chi connectivity index (χ2n) is 5.25. The van der Waals surface area contributed by atoms with E-state index in [1.165, 1.54) is 44.2 Å².